The fourth-order valence-electron chi connectivity index (χ4n) is 3.16. The van der Waals surface area contributed by atoms with E-state index in [0.717, 1.165) is 11.0 Å². The van der Waals surface area contributed by atoms with E-state index in [1.54, 1.807) is 44.3 Å². The molecule has 144 valence electrons. The van der Waals surface area contributed by atoms with Gasteiger partial charge in [0.05, 0.1) is 23.1 Å². The van der Waals surface area contributed by atoms with Crippen molar-refractivity contribution in [3.63, 3.8) is 0 Å². The molecule has 28 heavy (non-hydrogen) atoms. The first-order valence-electron chi connectivity index (χ1n) is 9.11. The van der Waals surface area contributed by atoms with Crippen molar-refractivity contribution in [3.8, 4) is 5.75 Å². The Morgan fingerprint density at radius 2 is 2.11 bits per heavy atom. The molecule has 1 unspecified atom stereocenters. The number of nitrogens with one attached hydrogen (secondary N) is 2. The fourth-order valence-corrected chi connectivity index (χ4v) is 3.16. The van der Waals surface area contributed by atoms with Crippen LogP contribution in [0.1, 0.15) is 42.9 Å². The van der Waals surface area contributed by atoms with Crippen molar-refractivity contribution in [1.82, 2.24) is 14.8 Å². The van der Waals surface area contributed by atoms with Crippen LogP contribution in [0.25, 0.3) is 11.0 Å². The van der Waals surface area contributed by atoms with Gasteiger partial charge in [0.2, 0.25) is 0 Å². The normalized spacial score (nSPS) is 15.9. The van der Waals surface area contributed by atoms with Crippen molar-refractivity contribution in [2.45, 2.75) is 39.8 Å². The van der Waals surface area contributed by atoms with E-state index in [1.165, 1.54) is 0 Å². The molecule has 3 aromatic rings. The molecule has 2 aromatic heterocycles. The maximum atomic E-state index is 12.8. The number of carbonyl (C=O) groups is 2. The van der Waals surface area contributed by atoms with E-state index in [9.17, 15) is 9.59 Å². The van der Waals surface area contributed by atoms with Crippen LogP contribution in [0.5, 0.6) is 5.75 Å². The zero-order chi connectivity index (χ0) is 20.0. The molecule has 3 heterocycles. The number of carbonyl (C=O) groups excluding carboxylic acids is 2. The van der Waals surface area contributed by atoms with Crippen molar-refractivity contribution in [2.24, 2.45) is 0 Å². The summed E-state index contributed by atoms with van der Waals surface area (Å²) in [6.45, 7) is 7.54. The number of hydrogen-bond donors (Lipinski definition) is 2. The number of amides is 2. The molecule has 8 heteroatoms. The summed E-state index contributed by atoms with van der Waals surface area (Å²) in [4.78, 5) is 29.2. The molecular formula is C20H21N5O3. The highest BCUT2D eigenvalue weighted by Gasteiger charge is 2.24. The quantitative estimate of drug-likeness (QED) is 0.728. The number of fused-ring (bicyclic) bond motifs is 2. The monoisotopic (exact) mass is 379 g/mol. The average Bonchev–Trinajstić information content (AvgIpc) is 3.05. The SMILES string of the molecule is Cc1nc2c(cnn2C(C)C)cc1C(=O)Nc1ccc2c(c1)NC(=O)C(C)O2. The van der Waals surface area contributed by atoms with E-state index < -0.39 is 6.10 Å². The van der Waals surface area contributed by atoms with Gasteiger partial charge in [0.15, 0.2) is 11.8 Å². The summed E-state index contributed by atoms with van der Waals surface area (Å²) in [6.07, 6.45) is 1.17. The van der Waals surface area contributed by atoms with Gasteiger partial charge in [-0.05, 0) is 52.0 Å². The number of ether oxygens (including phenoxy) is 1. The third-order valence-electron chi connectivity index (χ3n) is 4.66. The van der Waals surface area contributed by atoms with Gasteiger partial charge in [-0.25, -0.2) is 9.67 Å². The van der Waals surface area contributed by atoms with Crippen molar-refractivity contribution in [2.75, 3.05) is 10.6 Å². The number of pyridine rings is 1. The molecule has 2 amide bonds. The van der Waals surface area contributed by atoms with Gasteiger partial charge in [-0.1, -0.05) is 0 Å². The molecule has 1 atom stereocenters. The fraction of sp³-hybridized carbons (Fsp3) is 0.300. The lowest BCUT2D eigenvalue weighted by atomic mass is 10.1. The maximum Gasteiger partial charge on any atom is 0.265 e. The van der Waals surface area contributed by atoms with E-state index in [2.05, 4.69) is 20.7 Å². The first-order chi connectivity index (χ1) is 13.3. The minimum atomic E-state index is -0.542. The van der Waals surface area contributed by atoms with E-state index >= 15 is 0 Å². The molecule has 1 aliphatic heterocycles. The molecule has 1 aliphatic rings. The second kappa shape index (κ2) is 6.63. The first kappa shape index (κ1) is 18.0. The van der Waals surface area contributed by atoms with E-state index in [4.69, 9.17) is 4.74 Å². The van der Waals surface area contributed by atoms with Crippen molar-refractivity contribution in [3.05, 3.63) is 41.7 Å². The smallest absolute Gasteiger partial charge is 0.265 e. The lowest BCUT2D eigenvalue weighted by molar-refractivity contribution is -0.122. The van der Waals surface area contributed by atoms with Gasteiger partial charge >= 0.3 is 0 Å². The van der Waals surface area contributed by atoms with Crippen LogP contribution in [0, 0.1) is 6.92 Å². The second-order valence-corrected chi connectivity index (χ2v) is 7.13. The molecule has 0 saturated heterocycles. The molecule has 2 N–H and O–H groups in total. The van der Waals surface area contributed by atoms with Gasteiger partial charge in [0.25, 0.3) is 11.8 Å². The van der Waals surface area contributed by atoms with Gasteiger partial charge in [0.1, 0.15) is 5.75 Å². The minimum Gasteiger partial charge on any atom is -0.479 e. The van der Waals surface area contributed by atoms with Crippen LogP contribution < -0.4 is 15.4 Å². The van der Waals surface area contributed by atoms with E-state index in [1.807, 2.05) is 18.5 Å². The summed E-state index contributed by atoms with van der Waals surface area (Å²) in [7, 11) is 0. The van der Waals surface area contributed by atoms with Crippen LogP contribution in [0.4, 0.5) is 11.4 Å². The third kappa shape index (κ3) is 3.06. The molecule has 0 aliphatic carbocycles. The number of nitrogens with zero attached hydrogens (tertiary/aromatic N) is 3. The van der Waals surface area contributed by atoms with Crippen molar-refractivity contribution < 1.29 is 14.3 Å². The van der Waals surface area contributed by atoms with Gasteiger partial charge in [-0.2, -0.15) is 5.10 Å². The summed E-state index contributed by atoms with van der Waals surface area (Å²) in [5.41, 5.74) is 2.94. The van der Waals surface area contributed by atoms with Crippen LogP contribution in [-0.4, -0.2) is 32.7 Å². The summed E-state index contributed by atoms with van der Waals surface area (Å²) in [6, 6.07) is 7.11. The number of hydrogen-bond acceptors (Lipinski definition) is 5. The molecule has 0 saturated carbocycles. The van der Waals surface area contributed by atoms with Crippen LogP contribution >= 0.6 is 0 Å². The van der Waals surface area contributed by atoms with Gasteiger partial charge in [-0.3, -0.25) is 9.59 Å². The lowest BCUT2D eigenvalue weighted by Gasteiger charge is -2.23. The molecule has 1 aromatic carbocycles. The molecule has 0 spiro atoms. The van der Waals surface area contributed by atoms with Gasteiger partial charge in [0, 0.05) is 17.1 Å². The molecule has 0 bridgehead atoms. The molecule has 0 radical (unpaired) electrons. The highest BCUT2D eigenvalue weighted by molar-refractivity contribution is 6.07. The second-order valence-electron chi connectivity index (χ2n) is 7.13. The Morgan fingerprint density at radius 1 is 1.32 bits per heavy atom. The standard InChI is InChI=1S/C20H21N5O3/c1-10(2)25-18-13(9-21-25)7-15(11(3)22-18)20(27)23-14-5-6-17-16(8-14)24-19(26)12(4)28-17/h5-10,12H,1-4H3,(H,23,27)(H,24,26). The van der Waals surface area contributed by atoms with Crippen molar-refractivity contribution in [1.29, 1.82) is 0 Å². The number of aryl methyl sites for hydroxylation is 1. The molecule has 0 fully saturated rings. The number of aromatic nitrogens is 3. The largest absolute Gasteiger partial charge is 0.479 e. The van der Waals surface area contributed by atoms with E-state index in [0.29, 0.717) is 28.4 Å². The highest BCUT2D eigenvalue weighted by atomic mass is 16.5. The van der Waals surface area contributed by atoms with Crippen molar-refractivity contribution >= 4 is 34.2 Å². The summed E-state index contributed by atoms with van der Waals surface area (Å²) < 4.78 is 7.36. The Kier molecular flexibility index (Phi) is 4.26. The third-order valence-corrected chi connectivity index (χ3v) is 4.66. The first-order valence-corrected chi connectivity index (χ1v) is 9.11. The zero-order valence-electron chi connectivity index (χ0n) is 16.1. The summed E-state index contributed by atoms with van der Waals surface area (Å²) >= 11 is 0. The van der Waals surface area contributed by atoms with Gasteiger partial charge < -0.3 is 15.4 Å². The molecular weight excluding hydrogens is 358 g/mol. The van der Waals surface area contributed by atoms with Crippen LogP contribution in [0.3, 0.4) is 0 Å². The Hall–Kier alpha value is -3.42. The van der Waals surface area contributed by atoms with Gasteiger partial charge in [-0.15, -0.1) is 0 Å². The molecule has 8 nitrogen and oxygen atoms in total. The Bertz CT molecular complexity index is 1100. The number of anilines is 2. The zero-order valence-corrected chi connectivity index (χ0v) is 16.1. The number of rotatable bonds is 3. The maximum absolute atomic E-state index is 12.8. The van der Waals surface area contributed by atoms with Crippen LogP contribution in [-0.2, 0) is 4.79 Å². The highest BCUT2D eigenvalue weighted by Crippen LogP contribution is 2.32. The topological polar surface area (TPSA) is 98.1 Å². The Morgan fingerprint density at radius 3 is 2.86 bits per heavy atom. The summed E-state index contributed by atoms with van der Waals surface area (Å²) in [5, 5.41) is 10.8. The van der Waals surface area contributed by atoms with Crippen LogP contribution in [0.15, 0.2) is 30.5 Å². The lowest BCUT2D eigenvalue weighted by Crippen LogP contribution is -2.34. The predicted molar refractivity (Wildman–Crippen MR) is 106 cm³/mol. The Balaban J connectivity index is 1.61. The minimum absolute atomic E-state index is 0.180. The molecule has 4 rings (SSSR count). The predicted octanol–water partition coefficient (Wildman–Crippen LogP) is 3.29. The Labute approximate surface area is 161 Å². The number of benzene rings is 1. The summed E-state index contributed by atoms with van der Waals surface area (Å²) in [5.74, 6) is 0.0784. The van der Waals surface area contributed by atoms with E-state index in [-0.39, 0.29) is 17.9 Å². The average molecular weight is 379 g/mol. The van der Waals surface area contributed by atoms with Crippen LogP contribution in [0.2, 0.25) is 0 Å².